The normalized spacial score (nSPS) is 13.0. The third-order valence-electron chi connectivity index (χ3n) is 10.5. The van der Waals surface area contributed by atoms with Crippen molar-refractivity contribution < 1.29 is 33.4 Å². The average Bonchev–Trinajstić information content (AvgIpc) is 3.56. The Kier molecular flexibility index (Phi) is 15.0. The third-order valence-corrected chi connectivity index (χ3v) is 10.5. The number of nitrogens with zero attached hydrogens (tertiary/aromatic N) is 1. The van der Waals surface area contributed by atoms with E-state index in [-0.39, 0.29) is 50.8 Å². The molecule has 1 heterocycles. The van der Waals surface area contributed by atoms with Crippen molar-refractivity contribution in [1.82, 2.24) is 20.5 Å². The molecule has 13 nitrogen and oxygen atoms in total. The number of benzene rings is 4. The van der Waals surface area contributed by atoms with E-state index in [1.165, 1.54) is 0 Å². The molecule has 0 fully saturated rings. The second-order valence-electron chi connectivity index (χ2n) is 16.3. The second-order valence-corrected chi connectivity index (χ2v) is 16.3. The minimum atomic E-state index is -1.24. The number of aryl methyl sites for hydroxylation is 1. The van der Waals surface area contributed by atoms with Crippen LogP contribution in [0.25, 0.3) is 22.0 Å². The summed E-state index contributed by atoms with van der Waals surface area (Å²) in [6.45, 7) is 11.5. The van der Waals surface area contributed by atoms with Crippen molar-refractivity contribution in [1.29, 1.82) is 0 Å². The number of hydrogen-bond acceptors (Lipinski definition) is 8. The van der Waals surface area contributed by atoms with Gasteiger partial charge in [0, 0.05) is 36.1 Å². The fourth-order valence-corrected chi connectivity index (χ4v) is 7.53. The number of unbranched alkanes of at least 4 members (excludes halogenated alkanes) is 1. The minimum absolute atomic E-state index is 0.0351. The number of anilines is 1. The van der Waals surface area contributed by atoms with E-state index in [1.54, 1.807) is 49.6 Å². The number of carbonyl (C=O) groups excluding carboxylic acids is 4. The number of amides is 4. The summed E-state index contributed by atoms with van der Waals surface area (Å²) in [4.78, 5) is 67.0. The van der Waals surface area contributed by atoms with Crippen LogP contribution in [0.5, 0.6) is 0 Å². The van der Waals surface area contributed by atoms with Gasteiger partial charge in [-0.25, -0.2) is 9.59 Å². The van der Waals surface area contributed by atoms with Crippen molar-refractivity contribution in [3.05, 3.63) is 148 Å². The molecule has 5 aromatic rings. The molecular formula is C49H55N5O8. The van der Waals surface area contributed by atoms with Gasteiger partial charge < -0.3 is 40.0 Å². The zero-order valence-electron chi connectivity index (χ0n) is 35.7. The standard InChI is InChI=1S/C49H55N5O8/c1-6-26-54-43-28-34(23-24-35(43)32(2)27-44(54)55)51-45(56)41(22-14-15-25-50-47(58)62-49(3,4)5)52-46(57)42(31-60-29-33-16-8-7-9-17-33)53-48(59)61-30-40-38-20-12-10-18-36(38)37-19-11-13-21-39(37)40/h6-13,16-21,23-24,27-28,40-42H,1,14-15,22,25-26,29-31H2,2-5H3,(H,50,58)(H,51,56)(H,52,57)(H,53,59)/t41-,42-/m0/s1. The monoisotopic (exact) mass is 841 g/mol. The number of rotatable bonds is 18. The first-order valence-electron chi connectivity index (χ1n) is 20.9. The molecule has 0 spiro atoms. The van der Waals surface area contributed by atoms with Crippen LogP contribution < -0.4 is 26.8 Å². The van der Waals surface area contributed by atoms with Crippen LogP contribution in [-0.4, -0.2) is 66.0 Å². The van der Waals surface area contributed by atoms with Gasteiger partial charge in [0.15, 0.2) is 0 Å². The highest BCUT2D eigenvalue weighted by atomic mass is 16.6. The molecule has 1 aliphatic carbocycles. The molecule has 0 bridgehead atoms. The van der Waals surface area contributed by atoms with Crippen LogP contribution in [-0.2, 0) is 37.0 Å². The van der Waals surface area contributed by atoms with E-state index in [0.717, 1.165) is 38.8 Å². The number of alkyl carbamates (subject to hydrolysis) is 2. The maximum atomic E-state index is 14.2. The predicted octanol–water partition coefficient (Wildman–Crippen LogP) is 7.74. The molecule has 2 atom stereocenters. The number of carbonyl (C=O) groups is 4. The molecule has 4 amide bonds. The predicted molar refractivity (Wildman–Crippen MR) is 240 cm³/mol. The lowest BCUT2D eigenvalue weighted by Crippen LogP contribution is -2.54. The Hall–Kier alpha value is -6.73. The van der Waals surface area contributed by atoms with Crippen molar-refractivity contribution in [2.45, 2.75) is 83.7 Å². The zero-order chi connectivity index (χ0) is 44.2. The maximum Gasteiger partial charge on any atom is 0.407 e. The van der Waals surface area contributed by atoms with E-state index in [9.17, 15) is 24.0 Å². The highest BCUT2D eigenvalue weighted by Crippen LogP contribution is 2.44. The van der Waals surface area contributed by atoms with Gasteiger partial charge in [0.2, 0.25) is 11.8 Å². The van der Waals surface area contributed by atoms with Crippen molar-refractivity contribution in [3.8, 4) is 11.1 Å². The van der Waals surface area contributed by atoms with E-state index >= 15 is 0 Å². The number of fused-ring (bicyclic) bond motifs is 4. The Bertz CT molecular complexity index is 2410. The van der Waals surface area contributed by atoms with Crippen LogP contribution in [0, 0.1) is 6.92 Å². The van der Waals surface area contributed by atoms with E-state index in [1.807, 2.05) is 91.9 Å². The quantitative estimate of drug-likeness (QED) is 0.0514. The fourth-order valence-electron chi connectivity index (χ4n) is 7.53. The molecule has 1 aromatic heterocycles. The van der Waals surface area contributed by atoms with Gasteiger partial charge in [0.1, 0.15) is 24.3 Å². The van der Waals surface area contributed by atoms with E-state index in [4.69, 9.17) is 14.2 Å². The van der Waals surface area contributed by atoms with Crippen LogP contribution in [0.3, 0.4) is 0 Å². The van der Waals surface area contributed by atoms with Gasteiger partial charge in [-0.2, -0.15) is 0 Å². The molecule has 4 N–H and O–H groups in total. The van der Waals surface area contributed by atoms with E-state index in [0.29, 0.717) is 24.0 Å². The lowest BCUT2D eigenvalue weighted by molar-refractivity contribution is -0.129. The maximum absolute atomic E-state index is 14.2. The van der Waals surface area contributed by atoms with Gasteiger partial charge in [-0.3, -0.25) is 14.4 Å². The molecule has 0 saturated heterocycles. The van der Waals surface area contributed by atoms with Crippen LogP contribution in [0.15, 0.2) is 121 Å². The Morgan fingerprint density at radius 1 is 0.806 bits per heavy atom. The molecule has 0 radical (unpaired) electrons. The summed E-state index contributed by atoms with van der Waals surface area (Å²) >= 11 is 0. The molecule has 0 unspecified atom stereocenters. The van der Waals surface area contributed by atoms with Crippen LogP contribution in [0.2, 0.25) is 0 Å². The number of nitrogens with one attached hydrogen (secondary N) is 4. The number of pyridine rings is 1. The molecule has 4 aromatic carbocycles. The van der Waals surface area contributed by atoms with Crippen LogP contribution in [0.4, 0.5) is 15.3 Å². The molecule has 0 saturated carbocycles. The Morgan fingerprint density at radius 3 is 2.16 bits per heavy atom. The Balaban J connectivity index is 1.18. The Labute approximate surface area is 361 Å². The summed E-state index contributed by atoms with van der Waals surface area (Å²) in [5, 5.41) is 12.0. The van der Waals surface area contributed by atoms with Gasteiger partial charge in [-0.15, -0.1) is 6.58 Å². The summed E-state index contributed by atoms with van der Waals surface area (Å²) in [6.07, 6.45) is 1.34. The smallest absolute Gasteiger partial charge is 0.407 e. The van der Waals surface area contributed by atoms with Gasteiger partial charge in [-0.1, -0.05) is 91.0 Å². The number of hydrogen-bond donors (Lipinski definition) is 4. The zero-order valence-corrected chi connectivity index (χ0v) is 35.7. The van der Waals surface area contributed by atoms with Crippen LogP contribution in [0.1, 0.15) is 68.2 Å². The van der Waals surface area contributed by atoms with Crippen molar-refractivity contribution >= 4 is 40.6 Å². The Morgan fingerprint density at radius 2 is 1.48 bits per heavy atom. The van der Waals surface area contributed by atoms with Gasteiger partial charge in [-0.05, 0) is 92.5 Å². The second kappa shape index (κ2) is 20.7. The number of aromatic nitrogens is 1. The summed E-state index contributed by atoms with van der Waals surface area (Å²) in [5.74, 6) is -1.38. The SMILES string of the molecule is C=CCn1c(=O)cc(C)c2ccc(NC(=O)[C@H](CCCCNC(=O)OC(C)(C)C)NC(=O)[C@H](COCc3ccccc3)NC(=O)OCC3c4ccccc4-c4ccccc43)cc21. The first kappa shape index (κ1) is 44.8. The highest BCUT2D eigenvalue weighted by Gasteiger charge is 2.31. The van der Waals surface area contributed by atoms with Crippen LogP contribution >= 0.6 is 0 Å². The number of ether oxygens (including phenoxy) is 3. The van der Waals surface area contributed by atoms with Gasteiger partial charge in [0.25, 0.3) is 5.56 Å². The minimum Gasteiger partial charge on any atom is -0.449 e. The molecule has 1 aliphatic rings. The lowest BCUT2D eigenvalue weighted by atomic mass is 9.98. The average molecular weight is 842 g/mol. The third kappa shape index (κ3) is 11.8. The van der Waals surface area contributed by atoms with Gasteiger partial charge in [0.05, 0.1) is 18.7 Å². The molecule has 324 valence electrons. The van der Waals surface area contributed by atoms with E-state index in [2.05, 4.69) is 27.8 Å². The highest BCUT2D eigenvalue weighted by molar-refractivity contribution is 5.99. The topological polar surface area (TPSA) is 166 Å². The molecule has 0 aliphatic heterocycles. The lowest BCUT2D eigenvalue weighted by Gasteiger charge is -2.24. The fraction of sp³-hybridized carbons (Fsp3) is 0.327. The molecule has 6 rings (SSSR count). The van der Waals surface area contributed by atoms with E-state index < -0.39 is 41.7 Å². The summed E-state index contributed by atoms with van der Waals surface area (Å²) in [6, 6.07) is 29.9. The van der Waals surface area contributed by atoms with Crippen molar-refractivity contribution in [2.24, 2.45) is 0 Å². The first-order chi connectivity index (χ1) is 29.8. The first-order valence-corrected chi connectivity index (χ1v) is 20.9. The summed E-state index contributed by atoms with van der Waals surface area (Å²) in [7, 11) is 0. The summed E-state index contributed by atoms with van der Waals surface area (Å²) in [5.41, 5.74) is 6.08. The van der Waals surface area contributed by atoms with Crippen molar-refractivity contribution in [3.63, 3.8) is 0 Å². The number of allylic oxidation sites excluding steroid dienone is 1. The summed E-state index contributed by atoms with van der Waals surface area (Å²) < 4.78 is 18.7. The molecule has 13 heteroatoms. The largest absolute Gasteiger partial charge is 0.449 e. The molecular weight excluding hydrogens is 787 g/mol. The molecule has 62 heavy (non-hydrogen) atoms. The van der Waals surface area contributed by atoms with Gasteiger partial charge >= 0.3 is 12.2 Å². The van der Waals surface area contributed by atoms with Crippen molar-refractivity contribution in [2.75, 3.05) is 25.1 Å².